The summed E-state index contributed by atoms with van der Waals surface area (Å²) in [4.78, 5) is 16.2. The first kappa shape index (κ1) is 34.5. The topological polar surface area (TPSA) is 56.7 Å². The lowest BCUT2D eigenvalue weighted by molar-refractivity contribution is 0.668. The van der Waals surface area contributed by atoms with Crippen LogP contribution in [-0.2, 0) is 0 Å². The zero-order valence-corrected chi connectivity index (χ0v) is 34.4. The highest BCUT2D eigenvalue weighted by molar-refractivity contribution is 7.25. The first-order chi connectivity index (χ1) is 31.2. The largest absolute Gasteiger partial charge is 0.456 e. The number of aromatic nitrogens is 4. The number of nitrogens with zero attached hydrogens (tertiary/aromatic N) is 4. The molecular weight excluding hydrogens is 789 g/mol. The Hall–Kier alpha value is -8.19. The molecule has 0 N–H and O–H groups in total. The fraction of sp³-hybridized carbons (Fsp3) is 0. The number of rotatable bonds is 4. The van der Waals surface area contributed by atoms with Gasteiger partial charge in [0.25, 0.3) is 0 Å². The van der Waals surface area contributed by atoms with E-state index in [0.29, 0.717) is 17.5 Å². The molecule has 6 heteroatoms. The molecule has 0 atom stereocenters. The van der Waals surface area contributed by atoms with E-state index in [0.717, 1.165) is 71.5 Å². The molecule has 0 amide bonds. The van der Waals surface area contributed by atoms with Crippen molar-refractivity contribution in [1.82, 2.24) is 19.5 Å². The van der Waals surface area contributed by atoms with E-state index in [-0.39, 0.29) is 0 Å². The molecule has 292 valence electrons. The van der Waals surface area contributed by atoms with Gasteiger partial charge < -0.3 is 8.98 Å². The molecule has 0 aliphatic carbocycles. The van der Waals surface area contributed by atoms with E-state index < -0.39 is 0 Å². The summed E-state index contributed by atoms with van der Waals surface area (Å²) in [5.41, 5.74) is 7.50. The predicted octanol–water partition coefficient (Wildman–Crippen LogP) is 15.7. The normalized spacial score (nSPS) is 12.1. The van der Waals surface area contributed by atoms with E-state index in [1.165, 1.54) is 47.1 Å². The van der Waals surface area contributed by atoms with Gasteiger partial charge in [-0.1, -0.05) is 133 Å². The van der Waals surface area contributed by atoms with Crippen molar-refractivity contribution in [2.24, 2.45) is 0 Å². The molecule has 4 heterocycles. The first-order valence-corrected chi connectivity index (χ1v) is 22.0. The molecule has 0 saturated carbocycles. The molecule has 0 radical (unpaired) electrons. The maximum atomic E-state index is 6.69. The fourth-order valence-corrected chi connectivity index (χ4v) is 10.9. The van der Waals surface area contributed by atoms with Crippen LogP contribution < -0.4 is 0 Å². The standard InChI is InChI=1S/C57H32N4OS/c1-2-13-35-27-38(22-21-33(35)11-1)55-58-56(39-24-26-53-46(29-39)42-18-8-10-20-52(42)63-53)60-57(59-55)47-31-45-41-17-7-9-19-50(41)62-51(45)32-49(47)61-48-30-37-15-4-3-14-36(37)28-44(48)43-25-23-34-12-5-6-16-40(34)54(43)61/h1-32H. The molecule has 4 aromatic heterocycles. The van der Waals surface area contributed by atoms with E-state index in [1.807, 2.05) is 23.5 Å². The maximum Gasteiger partial charge on any atom is 0.166 e. The summed E-state index contributed by atoms with van der Waals surface area (Å²) in [5.74, 6) is 1.80. The van der Waals surface area contributed by atoms with Gasteiger partial charge in [-0.25, -0.2) is 15.0 Å². The highest BCUT2D eigenvalue weighted by Crippen LogP contribution is 2.44. The summed E-state index contributed by atoms with van der Waals surface area (Å²) in [7, 11) is 0. The molecule has 0 unspecified atom stereocenters. The van der Waals surface area contributed by atoms with Crippen LogP contribution >= 0.6 is 11.3 Å². The molecule has 0 aliphatic heterocycles. The van der Waals surface area contributed by atoms with Crippen LogP contribution in [-0.4, -0.2) is 19.5 Å². The molecule has 0 spiro atoms. The lowest BCUT2D eigenvalue weighted by Crippen LogP contribution is -2.04. The van der Waals surface area contributed by atoms with Gasteiger partial charge in [0.2, 0.25) is 0 Å². The number of furan rings is 1. The Morgan fingerprint density at radius 3 is 1.83 bits per heavy atom. The summed E-state index contributed by atoms with van der Waals surface area (Å²) in [6.07, 6.45) is 0. The quantitative estimate of drug-likeness (QED) is 0.177. The molecule has 0 bridgehead atoms. The van der Waals surface area contributed by atoms with E-state index in [9.17, 15) is 0 Å². The predicted molar refractivity (Wildman–Crippen MR) is 263 cm³/mol. The number of benzene rings is 10. The Morgan fingerprint density at radius 1 is 0.365 bits per heavy atom. The van der Waals surface area contributed by atoms with Crippen LogP contribution in [0, 0.1) is 0 Å². The Morgan fingerprint density at radius 2 is 0.984 bits per heavy atom. The SMILES string of the molecule is c1ccc2cc(-c3nc(-c4ccc5sc6ccccc6c5c4)nc(-c4cc5c(cc4-n4c6cc7ccccc7cc6c6ccc7ccccc7c64)oc4ccccc45)n3)ccc2c1. The molecule has 14 aromatic rings. The molecule has 0 saturated heterocycles. The zero-order valence-electron chi connectivity index (χ0n) is 33.6. The van der Waals surface area contributed by atoms with Crippen molar-refractivity contribution >= 4 is 108 Å². The smallest absolute Gasteiger partial charge is 0.166 e. The zero-order chi connectivity index (χ0) is 41.2. The van der Waals surface area contributed by atoms with Gasteiger partial charge >= 0.3 is 0 Å². The van der Waals surface area contributed by atoms with Gasteiger partial charge in [0.05, 0.1) is 16.7 Å². The van der Waals surface area contributed by atoms with Gasteiger partial charge in [-0.15, -0.1) is 11.3 Å². The number of fused-ring (bicyclic) bond motifs is 13. The Balaban J connectivity index is 1.12. The average molecular weight is 821 g/mol. The number of hydrogen-bond acceptors (Lipinski definition) is 5. The minimum atomic E-state index is 0.580. The van der Waals surface area contributed by atoms with E-state index in [1.54, 1.807) is 0 Å². The van der Waals surface area contributed by atoms with Gasteiger partial charge in [0.15, 0.2) is 17.5 Å². The Labute approximate surface area is 363 Å². The highest BCUT2D eigenvalue weighted by Gasteiger charge is 2.24. The molecule has 14 rings (SSSR count). The van der Waals surface area contributed by atoms with Crippen molar-refractivity contribution in [3.05, 3.63) is 194 Å². The molecular formula is C57H32N4OS. The molecule has 5 nitrogen and oxygen atoms in total. The van der Waals surface area contributed by atoms with Crippen LogP contribution in [0.3, 0.4) is 0 Å². The van der Waals surface area contributed by atoms with Crippen LogP contribution in [0.1, 0.15) is 0 Å². The lowest BCUT2D eigenvalue weighted by atomic mass is 10.0. The van der Waals surface area contributed by atoms with Crippen molar-refractivity contribution in [3.63, 3.8) is 0 Å². The molecule has 63 heavy (non-hydrogen) atoms. The second kappa shape index (κ2) is 13.2. The third kappa shape index (κ3) is 5.25. The van der Waals surface area contributed by atoms with Crippen molar-refractivity contribution in [3.8, 4) is 39.9 Å². The minimum Gasteiger partial charge on any atom is -0.456 e. The van der Waals surface area contributed by atoms with Gasteiger partial charge in [0.1, 0.15) is 11.2 Å². The Bertz CT molecular complexity index is 4230. The number of hydrogen-bond donors (Lipinski definition) is 0. The molecule has 0 aliphatic rings. The number of para-hydroxylation sites is 1. The van der Waals surface area contributed by atoms with E-state index >= 15 is 0 Å². The third-order valence-electron chi connectivity index (χ3n) is 12.8. The highest BCUT2D eigenvalue weighted by atomic mass is 32.1. The van der Waals surface area contributed by atoms with Crippen LogP contribution in [0.25, 0.3) is 136 Å². The summed E-state index contributed by atoms with van der Waals surface area (Å²) in [6.45, 7) is 0. The van der Waals surface area contributed by atoms with E-state index in [4.69, 9.17) is 19.4 Å². The second-order valence-electron chi connectivity index (χ2n) is 16.4. The lowest BCUT2D eigenvalue weighted by Gasteiger charge is -2.16. The van der Waals surface area contributed by atoms with Gasteiger partial charge in [-0.3, -0.25) is 0 Å². The molecule has 0 fully saturated rings. The first-order valence-electron chi connectivity index (χ1n) is 21.2. The van der Waals surface area contributed by atoms with Gasteiger partial charge in [-0.2, -0.15) is 0 Å². The Kier molecular flexibility index (Phi) is 7.21. The van der Waals surface area contributed by atoms with Gasteiger partial charge in [0, 0.05) is 69.9 Å². The molecule has 10 aromatic carbocycles. The van der Waals surface area contributed by atoms with Crippen molar-refractivity contribution in [1.29, 1.82) is 0 Å². The number of thiophene rings is 1. The summed E-state index contributed by atoms with van der Waals surface area (Å²) in [5, 5.41) is 13.8. The van der Waals surface area contributed by atoms with Crippen molar-refractivity contribution in [2.75, 3.05) is 0 Å². The van der Waals surface area contributed by atoms with Crippen LogP contribution in [0.15, 0.2) is 199 Å². The summed E-state index contributed by atoms with van der Waals surface area (Å²) in [6, 6.07) is 69.2. The minimum absolute atomic E-state index is 0.580. The van der Waals surface area contributed by atoms with Crippen molar-refractivity contribution in [2.45, 2.75) is 0 Å². The summed E-state index contributed by atoms with van der Waals surface area (Å²) < 4.78 is 11.6. The third-order valence-corrected chi connectivity index (χ3v) is 13.9. The van der Waals surface area contributed by atoms with Gasteiger partial charge in [-0.05, 0) is 81.5 Å². The maximum absolute atomic E-state index is 6.69. The fourth-order valence-electron chi connectivity index (χ4n) is 9.79. The van der Waals surface area contributed by atoms with Crippen LogP contribution in [0.5, 0.6) is 0 Å². The summed E-state index contributed by atoms with van der Waals surface area (Å²) >= 11 is 1.81. The van der Waals surface area contributed by atoms with Crippen LogP contribution in [0.4, 0.5) is 0 Å². The van der Waals surface area contributed by atoms with E-state index in [2.05, 4.69) is 187 Å². The second-order valence-corrected chi connectivity index (χ2v) is 17.5. The van der Waals surface area contributed by atoms with Crippen LogP contribution in [0.2, 0.25) is 0 Å². The van der Waals surface area contributed by atoms with Crippen molar-refractivity contribution < 1.29 is 4.42 Å². The monoisotopic (exact) mass is 820 g/mol. The average Bonchev–Trinajstić information content (AvgIpc) is 4.01.